The van der Waals surface area contributed by atoms with E-state index in [-0.39, 0.29) is 11.4 Å². The largest absolute Gasteiger partial charge is 0.376 e. The molecule has 2 saturated heterocycles. The molecule has 0 amide bonds. The van der Waals surface area contributed by atoms with E-state index in [0.29, 0.717) is 22.3 Å². The number of aromatic nitrogens is 2. The minimum atomic E-state index is -0.333. The second kappa shape index (κ2) is 8.88. The molecule has 3 heterocycles. The Morgan fingerprint density at radius 3 is 2.62 bits per heavy atom. The molecule has 32 heavy (non-hydrogen) atoms. The lowest BCUT2D eigenvalue weighted by Crippen LogP contribution is -2.39. The monoisotopic (exact) mass is 458 g/mol. The molecule has 1 aromatic heterocycles. The maximum atomic E-state index is 13.6. The van der Waals surface area contributed by atoms with Gasteiger partial charge in [0.1, 0.15) is 11.6 Å². The fourth-order valence-electron chi connectivity index (χ4n) is 6.00. The first-order valence-electron chi connectivity index (χ1n) is 11.8. The molecule has 1 aromatic carbocycles. The first kappa shape index (κ1) is 22.1. The molecular formula is C25H32ClFN4O. The summed E-state index contributed by atoms with van der Waals surface area (Å²) in [6.45, 7) is 8.97. The van der Waals surface area contributed by atoms with Gasteiger partial charge >= 0.3 is 0 Å². The van der Waals surface area contributed by atoms with Gasteiger partial charge in [-0.3, -0.25) is 0 Å². The fourth-order valence-corrected chi connectivity index (χ4v) is 6.21. The number of ether oxygens (including phenoxy) is 1. The average Bonchev–Trinajstić information content (AvgIpc) is 3.27. The van der Waals surface area contributed by atoms with Crippen LogP contribution in [-0.2, 0) is 4.74 Å². The van der Waals surface area contributed by atoms with Gasteiger partial charge in [-0.05, 0) is 87.6 Å². The van der Waals surface area contributed by atoms with Crippen molar-refractivity contribution in [2.45, 2.75) is 51.2 Å². The lowest BCUT2D eigenvalue weighted by atomic mass is 9.88. The quantitative estimate of drug-likeness (QED) is 0.662. The molecule has 0 spiro atoms. The molecule has 1 N–H and O–H groups in total. The maximum absolute atomic E-state index is 13.6. The molecule has 2 unspecified atom stereocenters. The molecule has 4 atom stereocenters. The molecule has 3 fully saturated rings. The Morgan fingerprint density at radius 1 is 1.16 bits per heavy atom. The van der Waals surface area contributed by atoms with Crippen molar-refractivity contribution in [3.63, 3.8) is 0 Å². The van der Waals surface area contributed by atoms with Crippen LogP contribution in [0.4, 0.5) is 10.2 Å². The van der Waals surface area contributed by atoms with Crippen molar-refractivity contribution in [3.05, 3.63) is 41.2 Å². The summed E-state index contributed by atoms with van der Waals surface area (Å²) >= 11 is 6.19. The number of hydrogen-bond acceptors (Lipinski definition) is 5. The van der Waals surface area contributed by atoms with E-state index in [1.54, 1.807) is 6.07 Å². The van der Waals surface area contributed by atoms with E-state index < -0.39 is 0 Å². The first-order chi connectivity index (χ1) is 15.3. The summed E-state index contributed by atoms with van der Waals surface area (Å²) < 4.78 is 19.4. The zero-order valence-electron chi connectivity index (χ0n) is 18.9. The number of rotatable bonds is 5. The Kier molecular flexibility index (Phi) is 6.12. The van der Waals surface area contributed by atoms with Crippen LogP contribution in [0, 0.1) is 23.6 Å². The average molecular weight is 459 g/mol. The van der Waals surface area contributed by atoms with Crippen molar-refractivity contribution in [1.82, 2.24) is 15.1 Å². The lowest BCUT2D eigenvalue weighted by molar-refractivity contribution is -0.0762. The van der Waals surface area contributed by atoms with Gasteiger partial charge in [0, 0.05) is 37.8 Å². The normalized spacial score (nSPS) is 29.8. The van der Waals surface area contributed by atoms with E-state index in [2.05, 4.69) is 34.3 Å². The smallest absolute Gasteiger partial charge is 0.148 e. The Balaban J connectivity index is 1.13. The van der Waals surface area contributed by atoms with Crippen LogP contribution in [0.5, 0.6) is 0 Å². The zero-order chi connectivity index (χ0) is 22.3. The Labute approximate surface area is 194 Å². The molecule has 2 aromatic rings. The highest BCUT2D eigenvalue weighted by atomic mass is 35.5. The van der Waals surface area contributed by atoms with Crippen LogP contribution >= 0.6 is 11.6 Å². The molecule has 7 heteroatoms. The van der Waals surface area contributed by atoms with Crippen molar-refractivity contribution < 1.29 is 9.13 Å². The summed E-state index contributed by atoms with van der Waals surface area (Å²) in [5, 5.41) is 12.6. The number of likely N-dealkylation sites (tertiary alicyclic amines) is 1. The summed E-state index contributed by atoms with van der Waals surface area (Å²) in [6.07, 6.45) is 4.71. The Hall–Kier alpha value is -1.76. The number of fused-ring (bicyclic) bond motifs is 1. The van der Waals surface area contributed by atoms with Gasteiger partial charge in [0.05, 0.1) is 16.3 Å². The van der Waals surface area contributed by atoms with Gasteiger partial charge in [0.15, 0.2) is 0 Å². The summed E-state index contributed by atoms with van der Waals surface area (Å²) in [4.78, 5) is 2.69. The molecule has 1 saturated carbocycles. The third kappa shape index (κ3) is 4.92. The molecule has 172 valence electrons. The number of hydrogen-bond donors (Lipinski definition) is 1. The van der Waals surface area contributed by atoms with Gasteiger partial charge in [-0.25, -0.2) is 4.39 Å². The molecule has 0 radical (unpaired) electrons. The lowest BCUT2D eigenvalue weighted by Gasteiger charge is -2.37. The second-order valence-corrected chi connectivity index (χ2v) is 10.9. The van der Waals surface area contributed by atoms with Gasteiger partial charge < -0.3 is 15.0 Å². The highest BCUT2D eigenvalue weighted by Gasteiger charge is 2.42. The van der Waals surface area contributed by atoms with Gasteiger partial charge in [0.25, 0.3) is 0 Å². The molecular weight excluding hydrogens is 427 g/mol. The van der Waals surface area contributed by atoms with E-state index in [4.69, 9.17) is 16.3 Å². The van der Waals surface area contributed by atoms with Gasteiger partial charge in [0.2, 0.25) is 0 Å². The van der Waals surface area contributed by atoms with Crippen LogP contribution in [-0.4, -0.2) is 53.0 Å². The van der Waals surface area contributed by atoms with E-state index in [1.165, 1.54) is 57.5 Å². The standard InChI is InChI=1S/C25H32ClFN4O/c1-25(2)12-16(7-8-32-25)13-31-14-17-9-20(10-18(17)15-31)28-24-6-5-23(29-30-24)21-11-19(27)3-4-22(21)26/h3-6,11,16-18,20H,7-10,12-15H2,1-2H3,(H,28,30)/t16?,17-,18?,20+/m1/s1. The Morgan fingerprint density at radius 2 is 1.94 bits per heavy atom. The topological polar surface area (TPSA) is 50.3 Å². The van der Waals surface area contributed by atoms with Crippen molar-refractivity contribution in [1.29, 1.82) is 0 Å². The molecule has 5 nitrogen and oxygen atoms in total. The Bertz CT molecular complexity index is 939. The predicted octanol–water partition coefficient (Wildman–Crippen LogP) is 5.26. The van der Waals surface area contributed by atoms with Gasteiger partial charge in [-0.1, -0.05) is 11.6 Å². The second-order valence-electron chi connectivity index (χ2n) is 10.4. The number of benzene rings is 1. The van der Waals surface area contributed by atoms with Crippen LogP contribution in [0.2, 0.25) is 5.02 Å². The molecule has 1 aliphatic carbocycles. The number of nitrogens with one attached hydrogen (secondary N) is 1. The molecule has 3 aliphatic rings. The number of nitrogens with zero attached hydrogens (tertiary/aromatic N) is 3. The third-order valence-corrected chi connectivity index (χ3v) is 7.69. The van der Waals surface area contributed by atoms with E-state index in [0.717, 1.165) is 30.2 Å². The van der Waals surface area contributed by atoms with Crippen LogP contribution in [0.1, 0.15) is 39.5 Å². The number of halogens is 2. The van der Waals surface area contributed by atoms with Crippen LogP contribution in [0.25, 0.3) is 11.3 Å². The van der Waals surface area contributed by atoms with Crippen molar-refractivity contribution in [3.8, 4) is 11.3 Å². The van der Waals surface area contributed by atoms with Gasteiger partial charge in [-0.2, -0.15) is 0 Å². The van der Waals surface area contributed by atoms with Crippen molar-refractivity contribution in [2.75, 3.05) is 31.6 Å². The minimum Gasteiger partial charge on any atom is -0.376 e. The predicted molar refractivity (Wildman–Crippen MR) is 125 cm³/mol. The minimum absolute atomic E-state index is 0.0319. The summed E-state index contributed by atoms with van der Waals surface area (Å²) in [7, 11) is 0. The van der Waals surface area contributed by atoms with Crippen molar-refractivity contribution in [2.24, 2.45) is 17.8 Å². The highest BCUT2D eigenvalue weighted by molar-refractivity contribution is 6.33. The molecule has 2 aliphatic heterocycles. The van der Waals surface area contributed by atoms with E-state index in [1.807, 2.05) is 12.1 Å². The zero-order valence-corrected chi connectivity index (χ0v) is 19.6. The van der Waals surface area contributed by atoms with Crippen LogP contribution < -0.4 is 5.32 Å². The molecule has 5 rings (SSSR count). The van der Waals surface area contributed by atoms with Crippen molar-refractivity contribution >= 4 is 17.4 Å². The SMILES string of the molecule is CC1(C)CC(CN2CC3C[C@@H](Nc4ccc(-c5cc(F)ccc5Cl)nn4)C[C@@H]3C2)CCO1. The van der Waals surface area contributed by atoms with Crippen LogP contribution in [0.3, 0.4) is 0 Å². The summed E-state index contributed by atoms with van der Waals surface area (Å²) in [6, 6.07) is 8.48. The third-order valence-electron chi connectivity index (χ3n) is 7.36. The first-order valence-corrected chi connectivity index (χ1v) is 12.1. The van der Waals surface area contributed by atoms with E-state index >= 15 is 0 Å². The van der Waals surface area contributed by atoms with E-state index in [9.17, 15) is 4.39 Å². The number of anilines is 1. The summed E-state index contributed by atoms with van der Waals surface area (Å²) in [5.74, 6) is 2.72. The highest BCUT2D eigenvalue weighted by Crippen LogP contribution is 2.40. The van der Waals surface area contributed by atoms with Crippen LogP contribution in [0.15, 0.2) is 30.3 Å². The summed E-state index contributed by atoms with van der Waals surface area (Å²) in [5.41, 5.74) is 1.17. The molecule has 0 bridgehead atoms. The maximum Gasteiger partial charge on any atom is 0.148 e. The fraction of sp³-hybridized carbons (Fsp3) is 0.600. The van der Waals surface area contributed by atoms with Gasteiger partial charge in [-0.15, -0.1) is 10.2 Å².